The number of allylic oxidation sites excluding steroid dienone is 1. The molecule has 0 atom stereocenters. The Morgan fingerprint density at radius 3 is 2.03 bits per heavy atom. The van der Waals surface area contributed by atoms with Crippen LogP contribution in [0.25, 0.3) is 6.08 Å². The van der Waals surface area contributed by atoms with Crippen molar-refractivity contribution in [2.24, 2.45) is 0 Å². The van der Waals surface area contributed by atoms with Gasteiger partial charge in [0.2, 0.25) is 0 Å². The van der Waals surface area contributed by atoms with Crippen molar-refractivity contribution < 1.29 is 29.0 Å². The van der Waals surface area contributed by atoms with E-state index in [0.717, 1.165) is 5.56 Å². The van der Waals surface area contributed by atoms with Crippen LogP contribution in [0.2, 0.25) is 0 Å². The minimum absolute atomic E-state index is 0.0520. The van der Waals surface area contributed by atoms with E-state index in [2.05, 4.69) is 0 Å². The van der Waals surface area contributed by atoms with Gasteiger partial charge >= 0.3 is 5.97 Å². The molecule has 0 saturated heterocycles. The molecule has 3 aromatic rings. The van der Waals surface area contributed by atoms with Gasteiger partial charge in [-0.25, -0.2) is 4.79 Å². The van der Waals surface area contributed by atoms with Crippen LogP contribution in [0.4, 0.5) is 0 Å². The lowest BCUT2D eigenvalue weighted by Gasteiger charge is -2.15. The molecule has 3 rings (SSSR count). The number of Topliss-reactive ketones (excluding diaryl/α,β-unsaturated/α-hetero) is 1. The molecule has 0 radical (unpaired) electrons. The summed E-state index contributed by atoms with van der Waals surface area (Å²) in [5, 5.41) is 9.79. The van der Waals surface area contributed by atoms with Gasteiger partial charge in [0.05, 0.1) is 5.56 Å². The van der Waals surface area contributed by atoms with Crippen molar-refractivity contribution in [3.05, 3.63) is 107 Å². The van der Waals surface area contributed by atoms with Crippen LogP contribution in [0.15, 0.2) is 84.9 Å². The minimum Gasteiger partial charge on any atom is -0.490 e. The fourth-order valence-corrected chi connectivity index (χ4v) is 3.03. The highest BCUT2D eigenvalue weighted by Crippen LogP contribution is 2.17. The first-order valence-electron chi connectivity index (χ1n) is 10.8. The number of esters is 1. The highest BCUT2D eigenvalue weighted by molar-refractivity contribution is 6.06. The number of hydrogen-bond acceptors (Lipinski definition) is 6. The molecule has 0 aromatic heterocycles. The molecule has 0 aliphatic carbocycles. The van der Waals surface area contributed by atoms with Crippen LogP contribution >= 0.6 is 0 Å². The van der Waals surface area contributed by atoms with Gasteiger partial charge in [-0.3, -0.25) is 9.59 Å². The summed E-state index contributed by atoms with van der Waals surface area (Å²) in [6.07, 6.45) is 3.19. The van der Waals surface area contributed by atoms with Crippen LogP contribution in [0, 0.1) is 0 Å². The first-order chi connectivity index (χ1) is 16.2. The summed E-state index contributed by atoms with van der Waals surface area (Å²) in [4.78, 5) is 36.4. The molecule has 0 aliphatic rings. The van der Waals surface area contributed by atoms with Crippen LogP contribution in [0.3, 0.4) is 0 Å². The SMILES string of the molecule is CC(C)(O)C(=O)c1ccc(OCCOC(=O)c2ccc(C=CC(=O)c3ccccc3)cc2)cc1. The van der Waals surface area contributed by atoms with E-state index >= 15 is 0 Å². The number of aliphatic hydroxyl groups is 1. The fourth-order valence-electron chi connectivity index (χ4n) is 3.03. The molecule has 0 spiro atoms. The Morgan fingerprint density at radius 1 is 0.794 bits per heavy atom. The van der Waals surface area contributed by atoms with Crippen LogP contribution in [0.5, 0.6) is 5.75 Å². The van der Waals surface area contributed by atoms with E-state index in [1.807, 2.05) is 18.2 Å². The zero-order chi connectivity index (χ0) is 24.6. The number of carbonyl (C=O) groups excluding carboxylic acids is 3. The van der Waals surface area contributed by atoms with Crippen LogP contribution in [-0.2, 0) is 4.74 Å². The van der Waals surface area contributed by atoms with Gasteiger partial charge in [-0.2, -0.15) is 0 Å². The monoisotopic (exact) mass is 458 g/mol. The molecule has 3 aromatic carbocycles. The summed E-state index contributed by atoms with van der Waals surface area (Å²) in [6, 6.07) is 22.1. The second-order valence-electron chi connectivity index (χ2n) is 8.08. The third kappa shape index (κ3) is 6.98. The third-order valence-electron chi connectivity index (χ3n) is 4.89. The highest BCUT2D eigenvalue weighted by Gasteiger charge is 2.24. The predicted octanol–water partition coefficient (Wildman–Crippen LogP) is 4.77. The van der Waals surface area contributed by atoms with Gasteiger partial charge in [0.25, 0.3) is 0 Å². The standard InChI is InChI=1S/C28H26O6/c1-28(2,32)26(30)22-13-15-24(16-14-22)33-18-19-34-27(31)23-11-8-20(9-12-23)10-17-25(29)21-6-4-3-5-7-21/h3-17,32H,18-19H2,1-2H3. The Labute approximate surface area is 198 Å². The second kappa shape index (κ2) is 11.2. The van der Waals surface area contributed by atoms with Crippen molar-refractivity contribution in [3.8, 4) is 5.75 Å². The Balaban J connectivity index is 1.44. The van der Waals surface area contributed by atoms with Crippen LogP contribution < -0.4 is 4.74 Å². The number of ketones is 2. The lowest BCUT2D eigenvalue weighted by Crippen LogP contribution is -2.30. The lowest BCUT2D eigenvalue weighted by molar-refractivity contribution is 0.0449. The molecule has 0 unspecified atom stereocenters. The van der Waals surface area contributed by atoms with Crippen molar-refractivity contribution in [1.82, 2.24) is 0 Å². The predicted molar refractivity (Wildman–Crippen MR) is 129 cm³/mol. The number of carbonyl (C=O) groups is 3. The van der Waals surface area contributed by atoms with Crippen molar-refractivity contribution in [2.45, 2.75) is 19.4 Å². The fraction of sp³-hybridized carbons (Fsp3) is 0.179. The molecule has 6 nitrogen and oxygen atoms in total. The molecular formula is C28H26O6. The molecule has 0 aliphatic heterocycles. The zero-order valence-corrected chi connectivity index (χ0v) is 19.1. The summed E-state index contributed by atoms with van der Waals surface area (Å²) in [7, 11) is 0. The summed E-state index contributed by atoms with van der Waals surface area (Å²) < 4.78 is 10.8. The number of ether oxygens (including phenoxy) is 2. The molecule has 0 saturated carbocycles. The third-order valence-corrected chi connectivity index (χ3v) is 4.89. The molecule has 0 amide bonds. The normalized spacial score (nSPS) is 11.3. The number of rotatable bonds is 10. The van der Waals surface area contributed by atoms with E-state index in [-0.39, 0.29) is 24.8 Å². The molecule has 1 N–H and O–H groups in total. The molecule has 0 bridgehead atoms. The minimum atomic E-state index is -1.44. The first-order valence-corrected chi connectivity index (χ1v) is 10.8. The van der Waals surface area contributed by atoms with E-state index in [1.54, 1.807) is 66.7 Å². The Bertz CT molecular complexity index is 1150. The summed E-state index contributed by atoms with van der Waals surface area (Å²) in [6.45, 7) is 3.07. The maximum Gasteiger partial charge on any atom is 0.338 e. The van der Waals surface area contributed by atoms with E-state index < -0.39 is 11.6 Å². The maximum atomic E-state index is 12.2. The zero-order valence-electron chi connectivity index (χ0n) is 19.1. The molecule has 6 heteroatoms. The Hall–Kier alpha value is -4.03. The van der Waals surface area contributed by atoms with E-state index in [1.165, 1.54) is 19.9 Å². The molecule has 174 valence electrons. The van der Waals surface area contributed by atoms with Gasteiger partial charge in [-0.15, -0.1) is 0 Å². The maximum absolute atomic E-state index is 12.2. The number of benzene rings is 3. The average Bonchev–Trinajstić information content (AvgIpc) is 2.85. The Kier molecular flexibility index (Phi) is 8.11. The van der Waals surface area contributed by atoms with Gasteiger partial charge < -0.3 is 14.6 Å². The summed E-state index contributed by atoms with van der Waals surface area (Å²) in [5.74, 6) is -0.435. The van der Waals surface area contributed by atoms with Crippen LogP contribution in [0.1, 0.15) is 50.5 Å². The van der Waals surface area contributed by atoms with Gasteiger partial charge in [0.15, 0.2) is 11.6 Å². The van der Waals surface area contributed by atoms with Gasteiger partial charge in [0, 0.05) is 11.1 Å². The van der Waals surface area contributed by atoms with Crippen LogP contribution in [-0.4, -0.2) is 41.5 Å². The lowest BCUT2D eigenvalue weighted by atomic mass is 9.97. The molecule has 0 heterocycles. The van der Waals surface area contributed by atoms with E-state index in [4.69, 9.17) is 9.47 Å². The highest BCUT2D eigenvalue weighted by atomic mass is 16.6. The largest absolute Gasteiger partial charge is 0.490 e. The molecule has 0 fully saturated rings. The number of hydrogen-bond donors (Lipinski definition) is 1. The van der Waals surface area contributed by atoms with E-state index in [9.17, 15) is 19.5 Å². The smallest absolute Gasteiger partial charge is 0.338 e. The average molecular weight is 459 g/mol. The van der Waals surface area contributed by atoms with Crippen molar-refractivity contribution in [3.63, 3.8) is 0 Å². The Morgan fingerprint density at radius 2 is 1.41 bits per heavy atom. The van der Waals surface area contributed by atoms with E-state index in [0.29, 0.717) is 22.4 Å². The quantitative estimate of drug-likeness (QED) is 0.204. The van der Waals surface area contributed by atoms with Crippen molar-refractivity contribution >= 4 is 23.6 Å². The van der Waals surface area contributed by atoms with Gasteiger partial charge in [-0.1, -0.05) is 48.5 Å². The molecular weight excluding hydrogens is 432 g/mol. The summed E-state index contributed by atoms with van der Waals surface area (Å²) >= 11 is 0. The second-order valence-corrected chi connectivity index (χ2v) is 8.08. The van der Waals surface area contributed by atoms with Gasteiger partial charge in [0.1, 0.15) is 24.6 Å². The topological polar surface area (TPSA) is 89.9 Å². The van der Waals surface area contributed by atoms with Gasteiger partial charge in [-0.05, 0) is 61.9 Å². The van der Waals surface area contributed by atoms with Crippen molar-refractivity contribution in [1.29, 1.82) is 0 Å². The van der Waals surface area contributed by atoms with Crippen molar-refractivity contribution in [2.75, 3.05) is 13.2 Å². The molecule has 34 heavy (non-hydrogen) atoms. The first kappa shape index (κ1) is 24.6. The summed E-state index contributed by atoms with van der Waals surface area (Å²) in [5.41, 5.74) is 0.732.